The van der Waals surface area contributed by atoms with Crippen LogP contribution in [0.25, 0.3) is 0 Å². The lowest BCUT2D eigenvalue weighted by atomic mass is 9.86. The largest absolute Gasteiger partial charge is 0.349 e. The minimum absolute atomic E-state index is 0.128. The first kappa shape index (κ1) is 22.6. The summed E-state index contributed by atoms with van der Waals surface area (Å²) < 4.78 is 0. The van der Waals surface area contributed by atoms with Crippen LogP contribution in [0.5, 0.6) is 0 Å². The van der Waals surface area contributed by atoms with Crippen LogP contribution in [-0.2, 0) is 22.4 Å². The fourth-order valence-electron chi connectivity index (χ4n) is 5.87. The average molecular weight is 466 g/mol. The van der Waals surface area contributed by atoms with E-state index < -0.39 is 0 Å². The summed E-state index contributed by atoms with van der Waals surface area (Å²) in [7, 11) is 0. The molecule has 33 heavy (non-hydrogen) atoms. The minimum atomic E-state index is 0.128. The maximum absolute atomic E-state index is 13.0. The molecule has 3 aliphatic rings. The predicted octanol–water partition coefficient (Wildman–Crippen LogP) is 4.19. The Hall–Kier alpha value is -2.18. The Morgan fingerprint density at radius 2 is 1.73 bits per heavy atom. The number of carbonyl (C=O) groups is 2. The number of benzene rings is 1. The second kappa shape index (κ2) is 10.4. The Morgan fingerprint density at radius 3 is 2.48 bits per heavy atom. The van der Waals surface area contributed by atoms with Gasteiger partial charge in [-0.25, -0.2) is 0 Å². The van der Waals surface area contributed by atoms with Crippen LogP contribution in [0, 0.1) is 5.92 Å². The molecular weight excluding hydrogens is 430 g/mol. The number of nitrogens with zero attached hydrogens (tertiary/aromatic N) is 2. The summed E-state index contributed by atoms with van der Waals surface area (Å²) in [4.78, 5) is 31.4. The molecule has 2 fully saturated rings. The van der Waals surface area contributed by atoms with Crippen molar-refractivity contribution in [2.24, 2.45) is 5.92 Å². The number of hydrogen-bond acceptors (Lipinski definition) is 4. The Kier molecular flexibility index (Phi) is 7.12. The summed E-state index contributed by atoms with van der Waals surface area (Å²) in [6.07, 6.45) is 7.83. The van der Waals surface area contributed by atoms with Gasteiger partial charge in [0.1, 0.15) is 0 Å². The number of likely N-dealkylation sites (tertiary alicyclic amines) is 2. The van der Waals surface area contributed by atoms with Gasteiger partial charge in [0.05, 0.1) is 12.5 Å². The molecule has 1 atom stereocenters. The lowest BCUT2D eigenvalue weighted by Gasteiger charge is -2.41. The lowest BCUT2D eigenvalue weighted by molar-refractivity contribution is -0.132. The maximum Gasteiger partial charge on any atom is 0.227 e. The van der Waals surface area contributed by atoms with Crippen LogP contribution < -0.4 is 5.32 Å². The molecule has 2 aliphatic heterocycles. The van der Waals surface area contributed by atoms with Crippen molar-refractivity contribution in [3.05, 3.63) is 57.8 Å². The zero-order valence-electron chi connectivity index (χ0n) is 19.4. The number of piperidine rings is 2. The molecule has 2 saturated heterocycles. The number of nitrogens with one attached hydrogen (secondary N) is 1. The van der Waals surface area contributed by atoms with Gasteiger partial charge in [0.15, 0.2) is 0 Å². The quantitative estimate of drug-likeness (QED) is 0.721. The molecule has 0 saturated carbocycles. The van der Waals surface area contributed by atoms with Crippen molar-refractivity contribution in [2.45, 2.75) is 63.5 Å². The highest BCUT2D eigenvalue weighted by molar-refractivity contribution is 7.10. The van der Waals surface area contributed by atoms with Gasteiger partial charge in [-0.05, 0) is 80.6 Å². The van der Waals surface area contributed by atoms with Gasteiger partial charge in [-0.2, -0.15) is 0 Å². The second-order valence-electron chi connectivity index (χ2n) is 9.83. The number of rotatable bonds is 5. The van der Waals surface area contributed by atoms with Gasteiger partial charge >= 0.3 is 0 Å². The molecule has 2 amide bonds. The summed E-state index contributed by atoms with van der Waals surface area (Å²) in [6.45, 7) is 3.70. The summed E-state index contributed by atoms with van der Waals surface area (Å²) >= 11 is 1.66. The second-order valence-corrected chi connectivity index (χ2v) is 10.9. The van der Waals surface area contributed by atoms with E-state index >= 15 is 0 Å². The van der Waals surface area contributed by atoms with Crippen LogP contribution in [-0.4, -0.2) is 53.8 Å². The van der Waals surface area contributed by atoms with Crippen molar-refractivity contribution in [1.82, 2.24) is 15.1 Å². The molecule has 1 aliphatic carbocycles. The summed E-state index contributed by atoms with van der Waals surface area (Å²) in [5, 5.41) is 5.41. The molecule has 0 bridgehead atoms. The molecule has 3 heterocycles. The first-order chi connectivity index (χ1) is 16.2. The van der Waals surface area contributed by atoms with Crippen LogP contribution in [0.3, 0.4) is 0 Å². The first-order valence-electron chi connectivity index (χ1n) is 12.6. The number of amides is 2. The molecular formula is C27H35N3O2S. The van der Waals surface area contributed by atoms with Crippen LogP contribution >= 0.6 is 11.3 Å². The molecule has 6 heteroatoms. The van der Waals surface area contributed by atoms with Gasteiger partial charge in [-0.3, -0.25) is 9.59 Å². The number of aryl methyl sites for hydroxylation is 1. The van der Waals surface area contributed by atoms with Crippen LogP contribution in [0.1, 0.15) is 60.6 Å². The highest BCUT2D eigenvalue weighted by Crippen LogP contribution is 2.31. The fraction of sp³-hybridized carbons (Fsp3) is 0.556. The molecule has 1 aromatic heterocycles. The van der Waals surface area contributed by atoms with Crippen LogP contribution in [0.2, 0.25) is 0 Å². The van der Waals surface area contributed by atoms with Gasteiger partial charge in [0.2, 0.25) is 11.8 Å². The minimum Gasteiger partial charge on any atom is -0.349 e. The summed E-state index contributed by atoms with van der Waals surface area (Å²) in [6, 6.07) is 13.3. The summed E-state index contributed by atoms with van der Waals surface area (Å²) in [5.74, 6) is 0.628. The van der Waals surface area contributed by atoms with E-state index in [1.54, 1.807) is 11.3 Å². The molecule has 1 aromatic carbocycles. The van der Waals surface area contributed by atoms with Gasteiger partial charge in [-0.15, -0.1) is 11.3 Å². The third-order valence-corrected chi connectivity index (χ3v) is 8.70. The van der Waals surface area contributed by atoms with E-state index in [-0.39, 0.29) is 23.8 Å². The first-order valence-corrected chi connectivity index (χ1v) is 13.5. The number of fused-ring (bicyclic) bond motifs is 1. The zero-order valence-corrected chi connectivity index (χ0v) is 20.2. The van der Waals surface area contributed by atoms with E-state index in [1.165, 1.54) is 11.1 Å². The van der Waals surface area contributed by atoms with E-state index in [1.807, 2.05) is 22.4 Å². The third-order valence-electron chi connectivity index (χ3n) is 7.83. The number of hydrogen-bond donors (Lipinski definition) is 1. The average Bonchev–Trinajstić information content (AvgIpc) is 3.37. The molecule has 5 rings (SSSR count). The fourth-order valence-corrected chi connectivity index (χ4v) is 6.57. The highest BCUT2D eigenvalue weighted by Gasteiger charge is 2.32. The van der Waals surface area contributed by atoms with Gasteiger partial charge in [-0.1, -0.05) is 30.3 Å². The molecule has 1 N–H and O–H groups in total. The van der Waals surface area contributed by atoms with Gasteiger partial charge in [0.25, 0.3) is 0 Å². The zero-order chi connectivity index (χ0) is 22.6. The monoisotopic (exact) mass is 465 g/mol. The van der Waals surface area contributed by atoms with Crippen molar-refractivity contribution in [3.8, 4) is 0 Å². The van der Waals surface area contributed by atoms with Crippen molar-refractivity contribution >= 4 is 23.2 Å². The molecule has 0 radical (unpaired) electrons. The molecule has 0 spiro atoms. The maximum atomic E-state index is 13.0. The van der Waals surface area contributed by atoms with E-state index in [0.717, 1.165) is 76.0 Å². The van der Waals surface area contributed by atoms with Crippen molar-refractivity contribution in [1.29, 1.82) is 0 Å². The van der Waals surface area contributed by atoms with Crippen molar-refractivity contribution in [2.75, 3.05) is 26.2 Å². The Labute approximate surface area is 201 Å². The topological polar surface area (TPSA) is 52.7 Å². The normalized spacial score (nSPS) is 22.7. The van der Waals surface area contributed by atoms with Crippen molar-refractivity contribution < 1.29 is 9.59 Å². The number of thiophene rings is 1. The van der Waals surface area contributed by atoms with Crippen LogP contribution in [0.4, 0.5) is 0 Å². The van der Waals surface area contributed by atoms with E-state index in [2.05, 4.69) is 34.5 Å². The third kappa shape index (κ3) is 5.33. The highest BCUT2D eigenvalue weighted by atomic mass is 32.1. The predicted molar refractivity (Wildman–Crippen MR) is 132 cm³/mol. The SMILES string of the molecule is O=C(NC1CCCc2ccccc21)C1CCN(C2CCN(C(=O)Cc3cccs3)CC2)CC1. The van der Waals surface area contributed by atoms with Crippen LogP contribution in [0.15, 0.2) is 41.8 Å². The lowest BCUT2D eigenvalue weighted by Crippen LogP contribution is -2.50. The van der Waals surface area contributed by atoms with E-state index in [9.17, 15) is 9.59 Å². The van der Waals surface area contributed by atoms with E-state index in [0.29, 0.717) is 12.5 Å². The molecule has 1 unspecified atom stereocenters. The summed E-state index contributed by atoms with van der Waals surface area (Å²) in [5.41, 5.74) is 2.71. The Morgan fingerprint density at radius 1 is 0.939 bits per heavy atom. The molecule has 2 aromatic rings. The standard InChI is InChI=1S/C27H35N3O2S/c31-26(19-23-7-4-18-33-23)30-16-12-22(13-17-30)29-14-10-21(11-15-29)27(32)28-25-9-3-6-20-5-1-2-8-24(20)25/h1-2,4-5,7-8,18,21-22,25H,3,6,9-17,19H2,(H,28,32). The van der Waals surface area contributed by atoms with Crippen molar-refractivity contribution in [3.63, 3.8) is 0 Å². The molecule has 176 valence electrons. The number of carbonyl (C=O) groups excluding carboxylic acids is 2. The van der Waals surface area contributed by atoms with Gasteiger partial charge in [0, 0.05) is 29.9 Å². The van der Waals surface area contributed by atoms with Gasteiger partial charge < -0.3 is 15.1 Å². The van der Waals surface area contributed by atoms with E-state index in [4.69, 9.17) is 0 Å². The Bertz CT molecular complexity index is 944. The smallest absolute Gasteiger partial charge is 0.227 e. The molecule has 5 nitrogen and oxygen atoms in total. The Balaban J connectivity index is 1.07.